The van der Waals surface area contributed by atoms with Crippen LogP contribution in [0.25, 0.3) is 46.4 Å². The van der Waals surface area contributed by atoms with Crippen molar-refractivity contribution in [1.82, 2.24) is 19.9 Å². The first-order chi connectivity index (χ1) is 30.7. The minimum atomic E-state index is 0.449. The van der Waals surface area contributed by atoms with Gasteiger partial charge < -0.3 is 9.97 Å². The Morgan fingerprint density at radius 3 is 0.781 bits per heavy atom. The van der Waals surface area contributed by atoms with Crippen molar-refractivity contribution in [3.8, 4) is 0 Å². The molecule has 4 fully saturated rings. The van der Waals surface area contributed by atoms with Crippen LogP contribution in [0.1, 0.15) is 229 Å². The molecule has 0 unspecified atom stereocenters. The number of nitrogens with one attached hydrogen (secondary N) is 2. The highest BCUT2D eigenvalue weighted by Crippen LogP contribution is 2.52. The van der Waals surface area contributed by atoms with Crippen LogP contribution in [0.15, 0.2) is 24.3 Å². The molecule has 2 aliphatic heterocycles. The lowest BCUT2D eigenvalue weighted by atomic mass is 9.67. The minimum Gasteiger partial charge on any atom is -0.355 e. The summed E-state index contributed by atoms with van der Waals surface area (Å²) < 4.78 is 0. The third kappa shape index (κ3) is 8.80. The molecule has 2 N–H and O–H groups in total. The first kappa shape index (κ1) is 45.7. The number of aromatic nitrogens is 4. The molecule has 3 aromatic rings. The van der Waals surface area contributed by atoms with Gasteiger partial charge in [0.2, 0.25) is 0 Å². The van der Waals surface area contributed by atoms with Gasteiger partial charge in [0.05, 0.1) is 22.8 Å². The van der Waals surface area contributed by atoms with E-state index in [2.05, 4.69) is 142 Å². The molecule has 64 heavy (non-hydrogen) atoms. The summed E-state index contributed by atoms with van der Waals surface area (Å²) in [4.78, 5) is 20.4. The topological polar surface area (TPSA) is 57.4 Å². The Labute approximate surface area is 388 Å². The van der Waals surface area contributed by atoms with E-state index in [1.54, 1.807) is 0 Å². The highest BCUT2D eigenvalue weighted by atomic mass is 14.8. The number of hydrogen-bond acceptors (Lipinski definition) is 2. The summed E-state index contributed by atoms with van der Waals surface area (Å²) in [5.41, 5.74) is 15.7. The van der Waals surface area contributed by atoms with E-state index in [4.69, 9.17) is 9.97 Å². The Balaban J connectivity index is 1.42. The lowest BCUT2D eigenvalue weighted by Crippen LogP contribution is -2.27. The van der Waals surface area contributed by atoms with Gasteiger partial charge in [-0.1, -0.05) is 109 Å². The number of fused-ring (bicyclic) bond motifs is 8. The molecule has 346 valence electrons. The Morgan fingerprint density at radius 1 is 0.359 bits per heavy atom. The first-order valence-electron chi connectivity index (χ1n) is 26.8. The van der Waals surface area contributed by atoms with Crippen molar-refractivity contribution in [3.63, 3.8) is 0 Å². The van der Waals surface area contributed by atoms with Crippen molar-refractivity contribution in [2.75, 3.05) is 0 Å². The molecular weight excluding hydrogens is 777 g/mol. The SMILES string of the molecule is CC(C)[C@@H]1CC[C@@H](C)C[C@H]1c1c2nc(c([C@@H]3C[C@H](C)CC[C@H]3C(C)C)c3ccc([nH]3)c([C@@H]3C[C@H](C)CC[C@H]3C(C)C)c3nc(c([C@@H]4C[C@H](C)CC[C@H]4C(C)C)c4ccc1[nH]4)C=C3)C=C2. The van der Waals surface area contributed by atoms with Gasteiger partial charge in [-0.05, 0) is 195 Å². The Kier molecular flexibility index (Phi) is 13.4. The van der Waals surface area contributed by atoms with Gasteiger partial charge >= 0.3 is 0 Å². The average Bonchev–Trinajstić information content (AvgIpc) is 4.09. The summed E-state index contributed by atoms with van der Waals surface area (Å²) in [6, 6.07) is 9.84. The van der Waals surface area contributed by atoms with E-state index in [1.165, 1.54) is 144 Å². The molecule has 4 nitrogen and oxygen atoms in total. The largest absolute Gasteiger partial charge is 0.355 e. The molecule has 4 heteroatoms. The fraction of sp³-hybridized carbons (Fsp3) is 0.667. The van der Waals surface area contributed by atoms with Gasteiger partial charge in [0, 0.05) is 44.3 Å². The third-order valence-electron chi connectivity index (χ3n) is 18.5. The zero-order valence-corrected chi connectivity index (χ0v) is 42.2. The van der Waals surface area contributed by atoms with Gasteiger partial charge in [-0.2, -0.15) is 0 Å². The highest BCUT2D eigenvalue weighted by molar-refractivity contribution is 5.84. The van der Waals surface area contributed by atoms with Crippen LogP contribution in [0.4, 0.5) is 0 Å². The van der Waals surface area contributed by atoms with Crippen molar-refractivity contribution in [3.05, 3.63) is 69.3 Å². The molecule has 5 heterocycles. The smallest absolute Gasteiger partial charge is 0.0693 e. The second kappa shape index (κ2) is 18.7. The molecular formula is C60H86N4. The average molecular weight is 863 g/mol. The van der Waals surface area contributed by atoms with Crippen molar-refractivity contribution < 1.29 is 0 Å². The number of H-pyrrole nitrogens is 2. The molecule has 0 amide bonds. The van der Waals surface area contributed by atoms with Crippen LogP contribution in [-0.4, -0.2) is 19.9 Å². The summed E-state index contributed by atoms with van der Waals surface area (Å²) in [5.74, 6) is 9.54. The van der Waals surface area contributed by atoms with E-state index in [0.717, 1.165) is 0 Å². The van der Waals surface area contributed by atoms with Gasteiger partial charge in [-0.15, -0.1) is 0 Å². The van der Waals surface area contributed by atoms with Crippen LogP contribution in [0.5, 0.6) is 0 Å². The van der Waals surface area contributed by atoms with Crippen LogP contribution >= 0.6 is 0 Å². The normalized spacial score (nSPS) is 32.4. The van der Waals surface area contributed by atoms with E-state index < -0.39 is 0 Å². The van der Waals surface area contributed by atoms with Crippen molar-refractivity contribution in [2.24, 2.45) is 71.0 Å². The second-order valence-electron chi connectivity index (χ2n) is 24.4. The fourth-order valence-corrected chi connectivity index (χ4v) is 15.0. The predicted octanol–water partition coefficient (Wildman–Crippen LogP) is 17.4. The predicted molar refractivity (Wildman–Crippen MR) is 275 cm³/mol. The standard InChI is InChI=1S/C60H86N4/c1-33(2)41-17-13-37(9)29-45(41)57-49-21-23-51(61-49)58(46-30-38(10)14-18-42(46)34(3)4)53-25-27-55(63-53)60(48-32-40(12)16-20-44(48)36(7)8)56-28-26-54(64-56)59(52-24-22-50(57)62-52)47-31-39(11)15-19-43(47)35(5)6/h21-28,33-48,61,64H,13-20,29-32H2,1-12H3/t37-,38-,39-,40-,41+,42+,43+,44+,45-,46-,47-,48-/m1/s1. The summed E-state index contributed by atoms with van der Waals surface area (Å²) in [6.07, 6.45) is 25.0. The van der Waals surface area contributed by atoms with Gasteiger partial charge in [0.1, 0.15) is 0 Å². The van der Waals surface area contributed by atoms with Crippen molar-refractivity contribution in [2.45, 2.75) is 184 Å². The van der Waals surface area contributed by atoms with Crippen LogP contribution in [0.3, 0.4) is 0 Å². The molecule has 0 radical (unpaired) electrons. The summed E-state index contributed by atoms with van der Waals surface area (Å²) >= 11 is 0. The van der Waals surface area contributed by atoms with Crippen LogP contribution in [0.2, 0.25) is 0 Å². The Hall–Kier alpha value is -3.40. The summed E-state index contributed by atoms with van der Waals surface area (Å²) in [5, 5.41) is 0. The molecule has 6 aliphatic rings. The molecule has 9 rings (SSSR count). The van der Waals surface area contributed by atoms with E-state index in [0.29, 0.717) is 94.7 Å². The van der Waals surface area contributed by atoms with Crippen molar-refractivity contribution in [1.29, 1.82) is 0 Å². The molecule has 4 aliphatic carbocycles. The summed E-state index contributed by atoms with van der Waals surface area (Å²) in [7, 11) is 0. The third-order valence-corrected chi connectivity index (χ3v) is 18.5. The van der Waals surface area contributed by atoms with E-state index in [9.17, 15) is 0 Å². The quantitative estimate of drug-likeness (QED) is 0.163. The van der Waals surface area contributed by atoms with Crippen LogP contribution < -0.4 is 0 Å². The van der Waals surface area contributed by atoms with Gasteiger partial charge in [-0.3, -0.25) is 0 Å². The van der Waals surface area contributed by atoms with Gasteiger partial charge in [0.15, 0.2) is 0 Å². The molecule has 8 bridgehead atoms. The lowest BCUT2D eigenvalue weighted by molar-refractivity contribution is 0.197. The zero-order chi connectivity index (χ0) is 45.1. The maximum Gasteiger partial charge on any atom is 0.0693 e. The monoisotopic (exact) mass is 863 g/mol. The van der Waals surface area contributed by atoms with Crippen LogP contribution in [0, 0.1) is 71.0 Å². The number of hydrogen-bond donors (Lipinski definition) is 2. The molecule has 3 aromatic heterocycles. The molecule has 4 saturated carbocycles. The Morgan fingerprint density at radius 2 is 0.578 bits per heavy atom. The zero-order valence-electron chi connectivity index (χ0n) is 42.2. The minimum absolute atomic E-state index is 0.449. The first-order valence-corrected chi connectivity index (χ1v) is 26.8. The van der Waals surface area contributed by atoms with Gasteiger partial charge in [0.25, 0.3) is 0 Å². The maximum absolute atomic E-state index is 5.94. The lowest BCUT2D eigenvalue weighted by Gasteiger charge is -2.38. The number of nitrogens with zero attached hydrogens (tertiary/aromatic N) is 2. The van der Waals surface area contributed by atoms with Crippen molar-refractivity contribution >= 4 is 46.4 Å². The Bertz CT molecular complexity index is 2050. The van der Waals surface area contributed by atoms with E-state index >= 15 is 0 Å². The molecule has 12 atom stereocenters. The molecule has 0 spiro atoms. The van der Waals surface area contributed by atoms with Crippen LogP contribution in [-0.2, 0) is 0 Å². The fourth-order valence-electron chi connectivity index (χ4n) is 15.0. The number of rotatable bonds is 8. The van der Waals surface area contributed by atoms with Gasteiger partial charge in [-0.25, -0.2) is 9.97 Å². The summed E-state index contributed by atoms with van der Waals surface area (Å²) in [6.45, 7) is 29.8. The number of aromatic amines is 2. The maximum atomic E-state index is 5.94. The highest BCUT2D eigenvalue weighted by Gasteiger charge is 2.40. The van der Waals surface area contributed by atoms with E-state index in [1.807, 2.05) is 0 Å². The molecule has 0 aromatic carbocycles. The molecule has 0 saturated heterocycles. The van der Waals surface area contributed by atoms with E-state index in [-0.39, 0.29) is 0 Å². The second-order valence-corrected chi connectivity index (χ2v) is 24.4.